The van der Waals surface area contributed by atoms with E-state index in [0.29, 0.717) is 0 Å². The Kier molecular flexibility index (Phi) is 6.71. The van der Waals surface area contributed by atoms with Crippen LogP contribution in [0.3, 0.4) is 0 Å². The van der Waals surface area contributed by atoms with Gasteiger partial charge < -0.3 is 3.07 Å². The van der Waals surface area contributed by atoms with E-state index in [-0.39, 0.29) is 0 Å². The molecule has 0 aromatic rings. The fourth-order valence-electron chi connectivity index (χ4n) is 0.579. The van der Waals surface area contributed by atoms with Crippen LogP contribution in [0.25, 0.3) is 0 Å². The van der Waals surface area contributed by atoms with E-state index in [1.807, 2.05) is 23.0 Å². The van der Waals surface area contributed by atoms with E-state index in [9.17, 15) is 0 Å². The van der Waals surface area contributed by atoms with Crippen LogP contribution in [-0.4, -0.2) is 43.8 Å². The molecule has 0 amide bonds. The minimum atomic E-state index is 0.779. The molecule has 0 aliphatic carbocycles. The number of likely N-dealkylation sites (N-methyl/N-ethyl adjacent to an activating group) is 1. The second-order valence-electron chi connectivity index (χ2n) is 2.17. The predicted octanol–water partition coefficient (Wildman–Crippen LogP) is 1.15. The third-order valence-corrected chi connectivity index (χ3v) is 1.97. The summed E-state index contributed by atoms with van der Waals surface area (Å²) < 4.78 is 4.91. The lowest BCUT2D eigenvalue weighted by molar-refractivity contribution is 0.0254. The fraction of sp³-hybridized carbons (Fsp3) is 1.00. The zero-order valence-electron chi connectivity index (χ0n) is 6.80. The zero-order valence-corrected chi connectivity index (χ0v) is 8.96. The first-order valence-corrected chi connectivity index (χ1v) is 4.26. The van der Waals surface area contributed by atoms with Crippen LogP contribution < -0.4 is 0 Å². The van der Waals surface area contributed by atoms with Crippen molar-refractivity contribution in [2.24, 2.45) is 0 Å². The normalized spacial score (nSPS) is 11.4. The average molecular weight is 258 g/mol. The van der Waals surface area contributed by atoms with E-state index < -0.39 is 0 Å². The van der Waals surface area contributed by atoms with Gasteiger partial charge in [0, 0.05) is 27.2 Å². The van der Waals surface area contributed by atoms with Crippen LogP contribution in [-0.2, 0) is 3.07 Å². The van der Waals surface area contributed by atoms with E-state index in [0.717, 1.165) is 19.7 Å². The van der Waals surface area contributed by atoms with Crippen LogP contribution >= 0.6 is 23.0 Å². The molecule has 3 nitrogen and oxygen atoms in total. The quantitative estimate of drug-likeness (QED) is 0.543. The van der Waals surface area contributed by atoms with E-state index in [2.05, 4.69) is 31.0 Å². The molecule has 0 atom stereocenters. The van der Waals surface area contributed by atoms with Crippen molar-refractivity contribution in [1.82, 2.24) is 10.0 Å². The molecule has 0 aliphatic heterocycles. The number of halogens is 1. The summed E-state index contributed by atoms with van der Waals surface area (Å²) in [6.45, 7) is 4.90. The van der Waals surface area contributed by atoms with E-state index in [1.165, 1.54) is 0 Å². The molecule has 4 heteroatoms. The van der Waals surface area contributed by atoms with Gasteiger partial charge >= 0.3 is 0 Å². The Morgan fingerprint density at radius 2 is 1.90 bits per heavy atom. The third kappa shape index (κ3) is 4.43. The van der Waals surface area contributed by atoms with Crippen LogP contribution in [0.4, 0.5) is 0 Å². The van der Waals surface area contributed by atoms with Crippen molar-refractivity contribution < 1.29 is 3.07 Å². The van der Waals surface area contributed by atoms with E-state index >= 15 is 0 Å². The highest BCUT2D eigenvalue weighted by Crippen LogP contribution is 1.91. The van der Waals surface area contributed by atoms with Crippen LogP contribution in [0.5, 0.6) is 0 Å². The van der Waals surface area contributed by atoms with Crippen LogP contribution in [0.1, 0.15) is 6.92 Å². The summed E-state index contributed by atoms with van der Waals surface area (Å²) in [4.78, 5) is 0. The van der Waals surface area contributed by atoms with Gasteiger partial charge in [-0.05, 0) is 0 Å². The van der Waals surface area contributed by atoms with Crippen LogP contribution in [0.15, 0.2) is 0 Å². The molecule has 0 radical (unpaired) electrons. The SMILES string of the molecule is CCN(C)N(C)CCOI. The van der Waals surface area contributed by atoms with Gasteiger partial charge in [0.15, 0.2) is 0 Å². The summed E-state index contributed by atoms with van der Waals surface area (Å²) in [5.41, 5.74) is 0. The number of hydrazine groups is 1. The smallest absolute Gasteiger partial charge is 0.109 e. The molecule has 0 fully saturated rings. The predicted molar refractivity (Wildman–Crippen MR) is 50.9 cm³/mol. The lowest BCUT2D eigenvalue weighted by atomic mass is 10.6. The first kappa shape index (κ1) is 10.6. The maximum Gasteiger partial charge on any atom is 0.109 e. The second kappa shape index (κ2) is 6.33. The molecule has 0 bridgehead atoms. The van der Waals surface area contributed by atoms with Crippen molar-refractivity contribution in [2.45, 2.75) is 6.92 Å². The number of hydrogen-bond donors (Lipinski definition) is 0. The largest absolute Gasteiger partial charge is 0.314 e. The highest BCUT2D eigenvalue weighted by atomic mass is 127. The number of hydrogen-bond acceptors (Lipinski definition) is 3. The molecule has 10 heavy (non-hydrogen) atoms. The fourth-order valence-corrected chi connectivity index (χ4v) is 0.776. The third-order valence-electron chi connectivity index (χ3n) is 1.53. The van der Waals surface area contributed by atoms with Gasteiger partial charge in [0.05, 0.1) is 6.61 Å². The van der Waals surface area contributed by atoms with Crippen molar-refractivity contribution in [2.75, 3.05) is 33.8 Å². The van der Waals surface area contributed by atoms with Crippen molar-refractivity contribution in [3.05, 3.63) is 0 Å². The maximum atomic E-state index is 4.91. The van der Waals surface area contributed by atoms with Gasteiger partial charge in [0.2, 0.25) is 0 Å². The van der Waals surface area contributed by atoms with E-state index in [1.54, 1.807) is 0 Å². The number of rotatable bonds is 5. The van der Waals surface area contributed by atoms with Crippen molar-refractivity contribution >= 4 is 23.0 Å². The lowest BCUT2D eigenvalue weighted by Gasteiger charge is -2.26. The summed E-state index contributed by atoms with van der Waals surface area (Å²) in [5.74, 6) is 0. The molecule has 0 saturated carbocycles. The van der Waals surface area contributed by atoms with Crippen molar-refractivity contribution in [1.29, 1.82) is 0 Å². The highest BCUT2D eigenvalue weighted by molar-refractivity contribution is 14.1. The van der Waals surface area contributed by atoms with Gasteiger partial charge in [-0.25, -0.2) is 10.0 Å². The molecule has 0 aliphatic rings. The van der Waals surface area contributed by atoms with Gasteiger partial charge in [-0.2, -0.15) is 0 Å². The summed E-state index contributed by atoms with van der Waals surface area (Å²) in [7, 11) is 4.12. The lowest BCUT2D eigenvalue weighted by Crippen LogP contribution is -2.38. The first-order chi connectivity index (χ1) is 4.72. The summed E-state index contributed by atoms with van der Waals surface area (Å²) >= 11 is 1.91. The Labute approximate surface area is 77.0 Å². The maximum absolute atomic E-state index is 4.91. The Bertz CT molecular complexity index is 82.1. The highest BCUT2D eigenvalue weighted by Gasteiger charge is 2.00. The molecule has 0 rings (SSSR count). The summed E-state index contributed by atoms with van der Waals surface area (Å²) in [5, 5.41) is 4.29. The monoisotopic (exact) mass is 258 g/mol. The van der Waals surface area contributed by atoms with E-state index in [4.69, 9.17) is 3.07 Å². The standard InChI is InChI=1S/C6H15IN2O/c1-4-8(2)9(3)5-6-10-7/h4-6H2,1-3H3. The second-order valence-corrected chi connectivity index (χ2v) is 2.79. The van der Waals surface area contributed by atoms with Crippen molar-refractivity contribution in [3.8, 4) is 0 Å². The Hall–Kier alpha value is 0.610. The molecular weight excluding hydrogens is 243 g/mol. The van der Waals surface area contributed by atoms with Gasteiger partial charge in [0.1, 0.15) is 23.0 Å². The van der Waals surface area contributed by atoms with Crippen molar-refractivity contribution in [3.63, 3.8) is 0 Å². The topological polar surface area (TPSA) is 15.7 Å². The van der Waals surface area contributed by atoms with Crippen LogP contribution in [0, 0.1) is 0 Å². The molecule has 0 unspecified atom stereocenters. The van der Waals surface area contributed by atoms with Gasteiger partial charge in [-0.3, -0.25) is 0 Å². The first-order valence-electron chi connectivity index (χ1n) is 3.38. The summed E-state index contributed by atoms with van der Waals surface area (Å²) in [6, 6.07) is 0. The molecule has 0 N–H and O–H groups in total. The molecule has 0 aromatic heterocycles. The molecule has 0 saturated heterocycles. The zero-order chi connectivity index (χ0) is 7.98. The Morgan fingerprint density at radius 3 is 2.30 bits per heavy atom. The molecule has 0 heterocycles. The average Bonchev–Trinajstić information content (AvgIpc) is 1.98. The minimum absolute atomic E-state index is 0.779. The molecule has 62 valence electrons. The van der Waals surface area contributed by atoms with Gasteiger partial charge in [-0.1, -0.05) is 6.92 Å². The molecular formula is C6H15IN2O. The Balaban J connectivity index is 3.31. The molecule has 0 aromatic carbocycles. The minimum Gasteiger partial charge on any atom is -0.314 e. The molecule has 0 spiro atoms. The summed E-state index contributed by atoms with van der Waals surface area (Å²) in [6.07, 6.45) is 0. The van der Waals surface area contributed by atoms with Gasteiger partial charge in [-0.15, -0.1) is 0 Å². The van der Waals surface area contributed by atoms with Gasteiger partial charge in [0.25, 0.3) is 0 Å². The number of nitrogens with zero attached hydrogens (tertiary/aromatic N) is 2. The Morgan fingerprint density at radius 1 is 1.30 bits per heavy atom. The van der Waals surface area contributed by atoms with Crippen LogP contribution in [0.2, 0.25) is 0 Å².